The lowest BCUT2D eigenvalue weighted by Crippen LogP contribution is -2.36. The number of benzene rings is 1. The zero-order valence-corrected chi connectivity index (χ0v) is 17.1. The van der Waals surface area contributed by atoms with Gasteiger partial charge < -0.3 is 15.2 Å². The maximum Gasteiger partial charge on any atom is 0.320 e. The molecular formula is C22H29N3O4. The van der Waals surface area contributed by atoms with Crippen molar-refractivity contribution in [1.29, 1.82) is 0 Å². The van der Waals surface area contributed by atoms with Crippen LogP contribution in [0, 0.1) is 0 Å². The molecule has 2 aromatic rings. The first-order valence-corrected chi connectivity index (χ1v) is 9.82. The molecule has 29 heavy (non-hydrogen) atoms. The molecule has 0 saturated carbocycles. The number of pyridine rings is 1. The first-order chi connectivity index (χ1) is 14.0. The summed E-state index contributed by atoms with van der Waals surface area (Å²) >= 11 is 0. The lowest BCUT2D eigenvalue weighted by molar-refractivity contribution is -0.148. The van der Waals surface area contributed by atoms with Crippen molar-refractivity contribution in [3.8, 4) is 0 Å². The number of rotatable bonds is 11. The fourth-order valence-corrected chi connectivity index (χ4v) is 2.92. The summed E-state index contributed by atoms with van der Waals surface area (Å²) in [7, 11) is 0. The first-order valence-electron chi connectivity index (χ1n) is 9.82. The number of nitrogens with zero attached hydrogens (tertiary/aromatic N) is 2. The minimum absolute atomic E-state index is 0.00397. The SMILES string of the molecule is CCOC(=O)CN(CC(=O)OCC)Cc1cc(CCc2ccc(N)cc2)ccn1. The van der Waals surface area contributed by atoms with Crippen LogP contribution < -0.4 is 5.73 Å². The largest absolute Gasteiger partial charge is 0.465 e. The van der Waals surface area contributed by atoms with Crippen molar-refractivity contribution < 1.29 is 19.1 Å². The Labute approximate surface area is 171 Å². The van der Waals surface area contributed by atoms with E-state index in [2.05, 4.69) is 4.98 Å². The van der Waals surface area contributed by atoms with Crippen LogP contribution in [0.15, 0.2) is 42.6 Å². The van der Waals surface area contributed by atoms with Crippen LogP contribution >= 0.6 is 0 Å². The van der Waals surface area contributed by atoms with Crippen molar-refractivity contribution in [2.45, 2.75) is 33.2 Å². The Morgan fingerprint density at radius 3 is 2.10 bits per heavy atom. The predicted molar refractivity (Wildman–Crippen MR) is 111 cm³/mol. The number of aryl methyl sites for hydroxylation is 2. The highest BCUT2D eigenvalue weighted by atomic mass is 16.5. The quantitative estimate of drug-likeness (QED) is 0.458. The minimum atomic E-state index is -0.378. The lowest BCUT2D eigenvalue weighted by atomic mass is 10.0. The van der Waals surface area contributed by atoms with Gasteiger partial charge in [0.15, 0.2) is 0 Å². The predicted octanol–water partition coefficient (Wildman–Crippen LogP) is 2.38. The Kier molecular flexibility index (Phi) is 9.11. The zero-order valence-electron chi connectivity index (χ0n) is 17.1. The molecule has 0 spiro atoms. The summed E-state index contributed by atoms with van der Waals surface area (Å²) < 4.78 is 10.0. The molecule has 7 heteroatoms. The van der Waals surface area contributed by atoms with E-state index in [0.29, 0.717) is 19.8 Å². The summed E-state index contributed by atoms with van der Waals surface area (Å²) in [5, 5.41) is 0. The standard InChI is InChI=1S/C22H29N3O4/c1-3-28-21(26)15-25(16-22(27)29-4-2)14-20-13-18(11-12-24-20)6-5-17-7-9-19(23)10-8-17/h7-13H,3-6,14-16,23H2,1-2H3. The molecule has 156 valence electrons. The molecule has 0 atom stereocenters. The number of nitrogen functional groups attached to an aromatic ring is 1. The third kappa shape index (κ3) is 8.31. The van der Waals surface area contributed by atoms with E-state index in [0.717, 1.165) is 29.8 Å². The van der Waals surface area contributed by atoms with Crippen LogP contribution in [0.1, 0.15) is 30.7 Å². The van der Waals surface area contributed by atoms with Crippen LogP contribution in [0.5, 0.6) is 0 Å². The molecule has 0 bridgehead atoms. The molecule has 1 aromatic heterocycles. The van der Waals surface area contributed by atoms with E-state index in [1.54, 1.807) is 24.9 Å². The molecule has 1 heterocycles. The molecule has 1 aromatic carbocycles. The molecule has 7 nitrogen and oxygen atoms in total. The highest BCUT2D eigenvalue weighted by Gasteiger charge is 2.17. The molecule has 0 aliphatic carbocycles. The number of nitrogens with two attached hydrogens (primary N) is 1. The van der Waals surface area contributed by atoms with Crippen molar-refractivity contribution in [2.24, 2.45) is 0 Å². The summed E-state index contributed by atoms with van der Waals surface area (Å²) in [6.07, 6.45) is 3.49. The van der Waals surface area contributed by atoms with Crippen molar-refractivity contribution in [3.05, 3.63) is 59.4 Å². The van der Waals surface area contributed by atoms with Gasteiger partial charge in [0.05, 0.1) is 32.0 Å². The molecule has 0 radical (unpaired) electrons. The fraction of sp³-hybridized carbons (Fsp3) is 0.409. The molecular weight excluding hydrogens is 370 g/mol. The second kappa shape index (κ2) is 11.8. The van der Waals surface area contributed by atoms with E-state index < -0.39 is 0 Å². The van der Waals surface area contributed by atoms with E-state index >= 15 is 0 Å². The number of hydrogen-bond acceptors (Lipinski definition) is 7. The van der Waals surface area contributed by atoms with Crippen LogP contribution in [-0.4, -0.2) is 48.1 Å². The van der Waals surface area contributed by atoms with E-state index in [1.165, 1.54) is 5.56 Å². The minimum Gasteiger partial charge on any atom is -0.465 e. The molecule has 0 saturated heterocycles. The fourth-order valence-electron chi connectivity index (χ4n) is 2.92. The van der Waals surface area contributed by atoms with Gasteiger partial charge in [-0.05, 0) is 62.1 Å². The Morgan fingerprint density at radius 2 is 1.52 bits per heavy atom. The Morgan fingerprint density at radius 1 is 0.931 bits per heavy atom. The van der Waals surface area contributed by atoms with Crippen LogP contribution in [0.25, 0.3) is 0 Å². The zero-order chi connectivity index (χ0) is 21.1. The lowest BCUT2D eigenvalue weighted by Gasteiger charge is -2.20. The average molecular weight is 399 g/mol. The summed E-state index contributed by atoms with van der Waals surface area (Å²) in [6, 6.07) is 11.8. The third-order valence-corrected chi connectivity index (χ3v) is 4.26. The number of hydrogen-bond donors (Lipinski definition) is 1. The number of anilines is 1. The maximum atomic E-state index is 11.9. The monoisotopic (exact) mass is 399 g/mol. The van der Waals surface area contributed by atoms with Crippen molar-refractivity contribution in [1.82, 2.24) is 9.88 Å². The molecule has 0 aliphatic rings. The van der Waals surface area contributed by atoms with Crippen molar-refractivity contribution in [3.63, 3.8) is 0 Å². The van der Waals surface area contributed by atoms with Gasteiger partial charge in [-0.1, -0.05) is 12.1 Å². The van der Waals surface area contributed by atoms with E-state index in [9.17, 15) is 9.59 Å². The molecule has 2 rings (SSSR count). The number of carbonyl (C=O) groups excluding carboxylic acids is 2. The van der Waals surface area contributed by atoms with Gasteiger partial charge in [-0.25, -0.2) is 0 Å². The molecule has 0 aliphatic heterocycles. The van der Waals surface area contributed by atoms with E-state index in [4.69, 9.17) is 15.2 Å². The number of carbonyl (C=O) groups is 2. The summed E-state index contributed by atoms with van der Waals surface area (Å²) in [5.74, 6) is -0.757. The van der Waals surface area contributed by atoms with Gasteiger partial charge in [-0.15, -0.1) is 0 Å². The highest BCUT2D eigenvalue weighted by molar-refractivity contribution is 5.75. The maximum absolute atomic E-state index is 11.9. The van der Waals surface area contributed by atoms with Gasteiger partial charge in [0.1, 0.15) is 0 Å². The highest BCUT2D eigenvalue weighted by Crippen LogP contribution is 2.12. The molecule has 2 N–H and O–H groups in total. The van der Waals surface area contributed by atoms with Gasteiger partial charge >= 0.3 is 11.9 Å². The van der Waals surface area contributed by atoms with Gasteiger partial charge in [0.2, 0.25) is 0 Å². The van der Waals surface area contributed by atoms with Gasteiger partial charge in [-0.3, -0.25) is 19.5 Å². The Balaban J connectivity index is 2.01. The van der Waals surface area contributed by atoms with Crippen molar-refractivity contribution in [2.75, 3.05) is 32.0 Å². The average Bonchev–Trinajstić information content (AvgIpc) is 2.68. The summed E-state index contributed by atoms with van der Waals surface area (Å²) in [6.45, 7) is 4.45. The Hall–Kier alpha value is -2.93. The smallest absolute Gasteiger partial charge is 0.320 e. The first kappa shape index (κ1) is 22.4. The van der Waals surface area contributed by atoms with Gasteiger partial charge in [-0.2, -0.15) is 0 Å². The summed E-state index contributed by atoms with van der Waals surface area (Å²) in [5.41, 5.74) is 9.62. The summed E-state index contributed by atoms with van der Waals surface area (Å²) in [4.78, 5) is 29.8. The number of aromatic nitrogens is 1. The van der Waals surface area contributed by atoms with Crippen LogP contribution in [0.4, 0.5) is 5.69 Å². The molecule has 0 amide bonds. The van der Waals surface area contributed by atoms with Crippen LogP contribution in [-0.2, 0) is 38.4 Å². The normalized spacial score (nSPS) is 10.7. The molecule has 0 fully saturated rings. The number of ether oxygens (including phenoxy) is 2. The second-order valence-corrected chi connectivity index (χ2v) is 6.65. The van der Waals surface area contributed by atoms with E-state index in [-0.39, 0.29) is 25.0 Å². The second-order valence-electron chi connectivity index (χ2n) is 6.65. The topological polar surface area (TPSA) is 94.8 Å². The van der Waals surface area contributed by atoms with E-state index in [1.807, 2.05) is 36.4 Å². The van der Waals surface area contributed by atoms with Crippen molar-refractivity contribution >= 4 is 17.6 Å². The van der Waals surface area contributed by atoms with Crippen LogP contribution in [0.3, 0.4) is 0 Å². The Bertz CT molecular complexity index is 773. The van der Waals surface area contributed by atoms with Crippen LogP contribution in [0.2, 0.25) is 0 Å². The van der Waals surface area contributed by atoms with Gasteiger partial charge in [0, 0.05) is 18.4 Å². The third-order valence-electron chi connectivity index (χ3n) is 4.26. The number of esters is 2. The molecule has 0 unspecified atom stereocenters. The van der Waals surface area contributed by atoms with Gasteiger partial charge in [0.25, 0.3) is 0 Å².